The monoisotopic (exact) mass is 226 g/mol. The molecule has 15 heavy (non-hydrogen) atoms. The summed E-state index contributed by atoms with van der Waals surface area (Å²) >= 11 is 1.23. The van der Waals surface area contributed by atoms with E-state index in [0.29, 0.717) is 6.54 Å². The molecule has 1 aromatic heterocycles. The van der Waals surface area contributed by atoms with Crippen molar-refractivity contribution in [1.29, 1.82) is 0 Å². The van der Waals surface area contributed by atoms with Crippen LogP contribution in [0.2, 0.25) is 0 Å². The van der Waals surface area contributed by atoms with Crippen LogP contribution in [0, 0.1) is 10.1 Å². The van der Waals surface area contributed by atoms with Gasteiger partial charge in [-0.2, -0.15) is 0 Å². The number of nitro groups is 1. The summed E-state index contributed by atoms with van der Waals surface area (Å²) in [5, 5.41) is 13.8. The third-order valence-electron chi connectivity index (χ3n) is 1.85. The first kappa shape index (κ1) is 11.9. The van der Waals surface area contributed by atoms with Crippen molar-refractivity contribution >= 4 is 16.3 Å². The zero-order valence-corrected chi connectivity index (χ0v) is 9.42. The molecular formula is C10H14N2O2S. The second-order valence-corrected chi connectivity index (χ2v) is 4.18. The SMILES string of the molecule is C/C=C/CCNCc1ccc([N+](=O)[O-])s1. The second-order valence-electron chi connectivity index (χ2n) is 3.03. The van der Waals surface area contributed by atoms with Gasteiger partial charge >= 0.3 is 5.00 Å². The van der Waals surface area contributed by atoms with Crippen molar-refractivity contribution in [1.82, 2.24) is 5.32 Å². The standard InChI is InChI=1S/C10H14N2O2S/c1-2-3-4-7-11-8-9-5-6-10(15-9)12(13)14/h2-3,5-6,11H,4,7-8H2,1H3/b3-2+. The third kappa shape index (κ3) is 4.22. The Morgan fingerprint density at radius 2 is 2.40 bits per heavy atom. The molecule has 1 N–H and O–H groups in total. The van der Waals surface area contributed by atoms with Crippen LogP contribution in [-0.4, -0.2) is 11.5 Å². The minimum Gasteiger partial charge on any atom is -0.312 e. The Morgan fingerprint density at radius 1 is 1.60 bits per heavy atom. The average molecular weight is 226 g/mol. The first-order valence-electron chi connectivity index (χ1n) is 4.79. The summed E-state index contributed by atoms with van der Waals surface area (Å²) in [6.45, 7) is 3.59. The molecular weight excluding hydrogens is 212 g/mol. The van der Waals surface area contributed by atoms with Gasteiger partial charge in [0, 0.05) is 17.5 Å². The maximum atomic E-state index is 10.4. The molecule has 0 aliphatic rings. The lowest BCUT2D eigenvalue weighted by molar-refractivity contribution is -0.380. The van der Waals surface area contributed by atoms with E-state index in [4.69, 9.17) is 0 Å². The van der Waals surface area contributed by atoms with E-state index in [1.165, 1.54) is 11.3 Å². The van der Waals surface area contributed by atoms with E-state index in [0.717, 1.165) is 17.8 Å². The lowest BCUT2D eigenvalue weighted by Gasteiger charge is -1.98. The van der Waals surface area contributed by atoms with Gasteiger partial charge in [-0.25, -0.2) is 0 Å². The zero-order valence-electron chi connectivity index (χ0n) is 8.60. The number of hydrogen-bond acceptors (Lipinski definition) is 4. The van der Waals surface area contributed by atoms with Crippen LogP contribution in [0.4, 0.5) is 5.00 Å². The smallest absolute Gasteiger partial charge is 0.312 e. The van der Waals surface area contributed by atoms with Crippen LogP contribution in [0.5, 0.6) is 0 Å². The van der Waals surface area contributed by atoms with Gasteiger partial charge in [0.25, 0.3) is 0 Å². The summed E-state index contributed by atoms with van der Waals surface area (Å²) < 4.78 is 0. The van der Waals surface area contributed by atoms with Gasteiger partial charge in [-0.3, -0.25) is 10.1 Å². The van der Waals surface area contributed by atoms with Crippen LogP contribution in [-0.2, 0) is 6.54 Å². The van der Waals surface area contributed by atoms with Crippen molar-refractivity contribution in [3.05, 3.63) is 39.3 Å². The highest BCUT2D eigenvalue weighted by Crippen LogP contribution is 2.23. The fourth-order valence-electron chi connectivity index (χ4n) is 1.12. The minimum absolute atomic E-state index is 0.209. The van der Waals surface area contributed by atoms with E-state index in [1.807, 2.05) is 13.0 Å². The second kappa shape index (κ2) is 6.31. The molecule has 0 spiro atoms. The number of hydrogen-bond donors (Lipinski definition) is 1. The molecule has 0 unspecified atom stereocenters. The Morgan fingerprint density at radius 3 is 3.00 bits per heavy atom. The molecule has 0 aliphatic carbocycles. The Bertz CT molecular complexity index is 347. The zero-order chi connectivity index (χ0) is 11.1. The molecule has 0 saturated carbocycles. The highest BCUT2D eigenvalue weighted by Gasteiger charge is 2.08. The van der Waals surface area contributed by atoms with E-state index in [9.17, 15) is 10.1 Å². The van der Waals surface area contributed by atoms with Crippen molar-refractivity contribution in [2.45, 2.75) is 19.9 Å². The summed E-state index contributed by atoms with van der Waals surface area (Å²) in [5.41, 5.74) is 0. The molecule has 4 nitrogen and oxygen atoms in total. The molecule has 1 heterocycles. The number of allylic oxidation sites excluding steroid dienone is 1. The van der Waals surface area contributed by atoms with Crippen molar-refractivity contribution in [2.24, 2.45) is 0 Å². The minimum atomic E-state index is -0.353. The molecule has 0 aliphatic heterocycles. The molecule has 0 saturated heterocycles. The van der Waals surface area contributed by atoms with Crippen LogP contribution in [0.25, 0.3) is 0 Å². The van der Waals surface area contributed by atoms with Gasteiger partial charge in [-0.05, 0) is 26.0 Å². The van der Waals surface area contributed by atoms with Crippen molar-refractivity contribution < 1.29 is 4.92 Å². The number of nitrogens with zero attached hydrogens (tertiary/aromatic N) is 1. The highest BCUT2D eigenvalue weighted by molar-refractivity contribution is 7.15. The molecule has 1 aromatic rings. The molecule has 0 fully saturated rings. The van der Waals surface area contributed by atoms with E-state index < -0.39 is 0 Å². The van der Waals surface area contributed by atoms with E-state index in [1.54, 1.807) is 12.1 Å². The summed E-state index contributed by atoms with van der Waals surface area (Å²) in [5.74, 6) is 0. The summed E-state index contributed by atoms with van der Waals surface area (Å²) in [7, 11) is 0. The first-order chi connectivity index (χ1) is 7.24. The Kier molecular flexibility index (Phi) is 5.00. The molecule has 0 radical (unpaired) electrons. The molecule has 1 rings (SSSR count). The number of rotatable bonds is 6. The Hall–Kier alpha value is -1.20. The van der Waals surface area contributed by atoms with E-state index in [-0.39, 0.29) is 9.92 Å². The predicted molar refractivity (Wildman–Crippen MR) is 62.1 cm³/mol. The van der Waals surface area contributed by atoms with Crippen molar-refractivity contribution in [2.75, 3.05) is 6.54 Å². The summed E-state index contributed by atoms with van der Waals surface area (Å²) in [6.07, 6.45) is 5.09. The lowest BCUT2D eigenvalue weighted by Crippen LogP contribution is -2.12. The van der Waals surface area contributed by atoms with Crippen LogP contribution < -0.4 is 5.32 Å². The normalized spacial score (nSPS) is 11.0. The molecule has 82 valence electrons. The average Bonchev–Trinajstić information content (AvgIpc) is 2.66. The Labute approximate surface area is 92.8 Å². The number of thiophene rings is 1. The molecule has 5 heteroatoms. The van der Waals surface area contributed by atoms with Gasteiger partial charge < -0.3 is 5.32 Å². The molecule has 0 atom stereocenters. The van der Waals surface area contributed by atoms with Crippen LogP contribution in [0.1, 0.15) is 18.2 Å². The van der Waals surface area contributed by atoms with E-state index in [2.05, 4.69) is 11.4 Å². The number of nitrogens with one attached hydrogen (secondary N) is 1. The topological polar surface area (TPSA) is 55.2 Å². The molecule has 0 amide bonds. The largest absolute Gasteiger partial charge is 0.324 e. The van der Waals surface area contributed by atoms with Crippen molar-refractivity contribution in [3.8, 4) is 0 Å². The highest BCUT2D eigenvalue weighted by atomic mass is 32.1. The summed E-state index contributed by atoms with van der Waals surface area (Å²) in [6, 6.07) is 3.35. The quantitative estimate of drug-likeness (QED) is 0.351. The summed E-state index contributed by atoms with van der Waals surface area (Å²) in [4.78, 5) is 11.1. The van der Waals surface area contributed by atoms with Crippen LogP contribution in [0.3, 0.4) is 0 Å². The van der Waals surface area contributed by atoms with Gasteiger partial charge in [-0.1, -0.05) is 23.5 Å². The van der Waals surface area contributed by atoms with Gasteiger partial charge in [0.05, 0.1) is 4.92 Å². The maximum absolute atomic E-state index is 10.4. The molecule has 0 bridgehead atoms. The van der Waals surface area contributed by atoms with Gasteiger partial charge in [0.15, 0.2) is 0 Å². The lowest BCUT2D eigenvalue weighted by atomic mass is 10.3. The molecule has 0 aromatic carbocycles. The van der Waals surface area contributed by atoms with Crippen LogP contribution in [0.15, 0.2) is 24.3 Å². The van der Waals surface area contributed by atoms with Gasteiger partial charge in [0.2, 0.25) is 0 Å². The fourth-order valence-corrected chi connectivity index (χ4v) is 1.91. The van der Waals surface area contributed by atoms with Crippen molar-refractivity contribution in [3.63, 3.8) is 0 Å². The third-order valence-corrected chi connectivity index (χ3v) is 2.89. The predicted octanol–water partition coefficient (Wildman–Crippen LogP) is 2.71. The fraction of sp³-hybridized carbons (Fsp3) is 0.400. The van der Waals surface area contributed by atoms with E-state index >= 15 is 0 Å². The van der Waals surface area contributed by atoms with Gasteiger partial charge in [0.1, 0.15) is 0 Å². The van der Waals surface area contributed by atoms with Crippen LogP contribution >= 0.6 is 11.3 Å². The Balaban J connectivity index is 2.28. The van der Waals surface area contributed by atoms with Gasteiger partial charge in [-0.15, -0.1) is 0 Å². The maximum Gasteiger partial charge on any atom is 0.324 e. The first-order valence-corrected chi connectivity index (χ1v) is 5.60.